The maximum Gasteiger partial charge on any atom is 0.237 e. The first kappa shape index (κ1) is 17.2. The number of hydrogen-bond acceptors (Lipinski definition) is 4. The van der Waals surface area contributed by atoms with Crippen molar-refractivity contribution in [2.45, 2.75) is 38.3 Å². The number of rotatable bonds is 6. The zero-order valence-corrected chi connectivity index (χ0v) is 14.2. The fourth-order valence-corrected chi connectivity index (χ4v) is 3.09. The fourth-order valence-electron chi connectivity index (χ4n) is 3.09. The third-order valence-corrected chi connectivity index (χ3v) is 4.54. The van der Waals surface area contributed by atoms with Gasteiger partial charge in [0, 0.05) is 31.4 Å². The number of nitrogens with one attached hydrogen (secondary N) is 2. The zero-order valence-electron chi connectivity index (χ0n) is 14.2. The number of carbonyl (C=O) groups is 1. The molecular weight excluding hydrogens is 314 g/mol. The molecule has 0 spiro atoms. The van der Waals surface area contributed by atoms with Gasteiger partial charge in [-0.2, -0.15) is 5.26 Å². The van der Waals surface area contributed by atoms with E-state index >= 15 is 0 Å². The summed E-state index contributed by atoms with van der Waals surface area (Å²) in [7, 11) is 0. The lowest BCUT2D eigenvalue weighted by Gasteiger charge is -2.22. The van der Waals surface area contributed by atoms with Gasteiger partial charge in [0.1, 0.15) is 0 Å². The van der Waals surface area contributed by atoms with Crippen LogP contribution in [-0.4, -0.2) is 34.6 Å². The topological polar surface area (TPSA) is 82.7 Å². The van der Waals surface area contributed by atoms with Crippen LogP contribution in [0.2, 0.25) is 0 Å². The van der Waals surface area contributed by atoms with E-state index in [0.29, 0.717) is 18.7 Å². The minimum atomic E-state index is -0.0442. The van der Waals surface area contributed by atoms with Crippen LogP contribution >= 0.6 is 0 Å². The van der Waals surface area contributed by atoms with Crippen LogP contribution in [0.1, 0.15) is 36.1 Å². The van der Waals surface area contributed by atoms with Gasteiger partial charge in [0.05, 0.1) is 24.0 Å². The van der Waals surface area contributed by atoms with Crippen LogP contribution < -0.4 is 10.6 Å². The Bertz CT molecular complexity index is 738. The van der Waals surface area contributed by atoms with Crippen LogP contribution in [0.5, 0.6) is 0 Å². The van der Waals surface area contributed by atoms with Crippen molar-refractivity contribution in [3.05, 3.63) is 53.6 Å². The second-order valence-electron chi connectivity index (χ2n) is 6.37. The molecular formula is C19H23N5O. The Morgan fingerprint density at radius 1 is 1.36 bits per heavy atom. The van der Waals surface area contributed by atoms with E-state index in [1.807, 2.05) is 30.5 Å². The predicted octanol–water partition coefficient (Wildman–Crippen LogP) is 1.60. The van der Waals surface area contributed by atoms with Gasteiger partial charge in [-0.3, -0.25) is 4.79 Å². The Balaban J connectivity index is 1.51. The van der Waals surface area contributed by atoms with Crippen molar-refractivity contribution in [2.75, 3.05) is 13.1 Å². The molecule has 1 aromatic heterocycles. The van der Waals surface area contributed by atoms with E-state index in [9.17, 15) is 4.79 Å². The lowest BCUT2D eigenvalue weighted by Crippen LogP contribution is -2.47. The Labute approximate surface area is 147 Å². The van der Waals surface area contributed by atoms with Crippen molar-refractivity contribution in [1.29, 1.82) is 5.26 Å². The first-order valence-electron chi connectivity index (χ1n) is 8.75. The van der Waals surface area contributed by atoms with E-state index in [2.05, 4.69) is 26.3 Å². The molecule has 2 aromatic rings. The molecule has 0 saturated carbocycles. The molecule has 1 aliphatic heterocycles. The molecule has 2 heterocycles. The number of hydrogen-bond donors (Lipinski definition) is 2. The SMILES string of the molecule is N#Cc1ccc(Cn2cncc2CCNC(=O)[C@@H]2CCCCN2)cc1. The summed E-state index contributed by atoms with van der Waals surface area (Å²) in [6.07, 6.45) is 7.57. The van der Waals surface area contributed by atoms with E-state index < -0.39 is 0 Å². The lowest BCUT2D eigenvalue weighted by molar-refractivity contribution is -0.123. The summed E-state index contributed by atoms with van der Waals surface area (Å²) < 4.78 is 2.08. The van der Waals surface area contributed by atoms with Gasteiger partial charge in [0.25, 0.3) is 0 Å². The van der Waals surface area contributed by atoms with Gasteiger partial charge in [0.2, 0.25) is 5.91 Å². The normalized spacial score (nSPS) is 17.0. The number of aromatic nitrogens is 2. The number of amides is 1. The Kier molecular flexibility index (Phi) is 5.81. The van der Waals surface area contributed by atoms with Gasteiger partial charge in [-0.25, -0.2) is 4.98 Å². The quantitative estimate of drug-likeness (QED) is 0.839. The Morgan fingerprint density at radius 2 is 2.20 bits per heavy atom. The number of piperidine rings is 1. The van der Waals surface area contributed by atoms with Crippen molar-refractivity contribution >= 4 is 5.91 Å². The van der Waals surface area contributed by atoms with Gasteiger partial charge < -0.3 is 15.2 Å². The molecule has 1 fully saturated rings. The molecule has 1 atom stereocenters. The summed E-state index contributed by atoms with van der Waals surface area (Å²) in [5.41, 5.74) is 2.86. The average molecular weight is 337 g/mol. The van der Waals surface area contributed by atoms with E-state index in [4.69, 9.17) is 5.26 Å². The third-order valence-electron chi connectivity index (χ3n) is 4.54. The number of imidazole rings is 1. The molecule has 1 aliphatic rings. The average Bonchev–Trinajstić information content (AvgIpc) is 3.10. The summed E-state index contributed by atoms with van der Waals surface area (Å²) in [6.45, 7) is 2.24. The summed E-state index contributed by atoms with van der Waals surface area (Å²) in [5.74, 6) is 0.0952. The highest BCUT2D eigenvalue weighted by atomic mass is 16.2. The van der Waals surface area contributed by atoms with Crippen molar-refractivity contribution in [3.63, 3.8) is 0 Å². The number of nitrogens with zero attached hydrogens (tertiary/aromatic N) is 3. The van der Waals surface area contributed by atoms with Crippen LogP contribution in [0.15, 0.2) is 36.8 Å². The third kappa shape index (κ3) is 4.68. The number of benzene rings is 1. The van der Waals surface area contributed by atoms with Crippen molar-refractivity contribution in [2.24, 2.45) is 0 Å². The van der Waals surface area contributed by atoms with Crippen LogP contribution in [-0.2, 0) is 17.8 Å². The summed E-state index contributed by atoms with van der Waals surface area (Å²) in [6, 6.07) is 9.64. The fraction of sp³-hybridized carbons (Fsp3) is 0.421. The summed E-state index contributed by atoms with van der Waals surface area (Å²) in [4.78, 5) is 16.4. The van der Waals surface area contributed by atoms with Crippen molar-refractivity contribution in [3.8, 4) is 6.07 Å². The molecule has 25 heavy (non-hydrogen) atoms. The molecule has 1 amide bonds. The number of carbonyl (C=O) groups excluding carboxylic acids is 1. The highest BCUT2D eigenvalue weighted by molar-refractivity contribution is 5.81. The zero-order chi connectivity index (χ0) is 17.5. The second-order valence-corrected chi connectivity index (χ2v) is 6.37. The molecule has 2 N–H and O–H groups in total. The molecule has 0 aliphatic carbocycles. The number of nitriles is 1. The standard InChI is InChI=1S/C19H23N5O/c20-11-15-4-6-16(7-5-15)13-24-14-21-12-17(24)8-10-23-19(25)18-3-1-2-9-22-18/h4-7,12,14,18,22H,1-3,8-10,13H2,(H,23,25)/t18-/m0/s1. The maximum absolute atomic E-state index is 12.1. The molecule has 0 radical (unpaired) electrons. The van der Waals surface area contributed by atoms with Crippen LogP contribution in [0, 0.1) is 11.3 Å². The van der Waals surface area contributed by atoms with E-state index in [-0.39, 0.29) is 11.9 Å². The highest BCUT2D eigenvalue weighted by Gasteiger charge is 2.19. The monoisotopic (exact) mass is 337 g/mol. The minimum absolute atomic E-state index is 0.0442. The van der Waals surface area contributed by atoms with Gasteiger partial charge in [0.15, 0.2) is 0 Å². The summed E-state index contributed by atoms with van der Waals surface area (Å²) >= 11 is 0. The van der Waals surface area contributed by atoms with Crippen LogP contribution in [0.25, 0.3) is 0 Å². The first-order valence-corrected chi connectivity index (χ1v) is 8.75. The molecule has 6 nitrogen and oxygen atoms in total. The van der Waals surface area contributed by atoms with E-state index in [1.54, 1.807) is 6.33 Å². The second kappa shape index (κ2) is 8.45. The lowest BCUT2D eigenvalue weighted by atomic mass is 10.0. The van der Waals surface area contributed by atoms with E-state index in [1.165, 1.54) is 0 Å². The van der Waals surface area contributed by atoms with E-state index in [0.717, 1.165) is 43.5 Å². The molecule has 6 heteroatoms. The first-order chi connectivity index (χ1) is 12.3. The Hall–Kier alpha value is -2.65. The largest absolute Gasteiger partial charge is 0.354 e. The molecule has 1 aromatic carbocycles. The molecule has 1 saturated heterocycles. The van der Waals surface area contributed by atoms with Crippen molar-refractivity contribution in [1.82, 2.24) is 20.2 Å². The summed E-state index contributed by atoms with van der Waals surface area (Å²) in [5, 5.41) is 15.1. The molecule has 3 rings (SSSR count). The van der Waals surface area contributed by atoms with Crippen LogP contribution in [0.3, 0.4) is 0 Å². The van der Waals surface area contributed by atoms with Gasteiger partial charge in [-0.1, -0.05) is 18.6 Å². The van der Waals surface area contributed by atoms with Crippen molar-refractivity contribution < 1.29 is 4.79 Å². The molecule has 0 bridgehead atoms. The predicted molar refractivity (Wildman–Crippen MR) is 94.8 cm³/mol. The minimum Gasteiger partial charge on any atom is -0.354 e. The van der Waals surface area contributed by atoms with Gasteiger partial charge in [-0.05, 0) is 37.1 Å². The van der Waals surface area contributed by atoms with Gasteiger partial charge in [-0.15, -0.1) is 0 Å². The molecule has 130 valence electrons. The Morgan fingerprint density at radius 3 is 2.92 bits per heavy atom. The maximum atomic E-state index is 12.1. The molecule has 0 unspecified atom stereocenters. The smallest absolute Gasteiger partial charge is 0.237 e. The van der Waals surface area contributed by atoms with Crippen LogP contribution in [0.4, 0.5) is 0 Å². The highest BCUT2D eigenvalue weighted by Crippen LogP contribution is 2.09. The van der Waals surface area contributed by atoms with Gasteiger partial charge >= 0.3 is 0 Å².